The summed E-state index contributed by atoms with van der Waals surface area (Å²) in [5.74, 6) is 1.10. The fourth-order valence-corrected chi connectivity index (χ4v) is 4.04. The minimum atomic E-state index is 0.116. The van der Waals surface area contributed by atoms with Gasteiger partial charge < -0.3 is 9.64 Å². The van der Waals surface area contributed by atoms with E-state index in [0.717, 1.165) is 17.7 Å². The highest BCUT2D eigenvalue weighted by Gasteiger charge is 2.34. The standard InChI is InChI=1S/C21H24Cl2N2O/c1-13-11-21(2,3)25(4)19-10-17(22)14(8-16(13)19)12-24-15-6-7-20(26-5)18(23)9-15/h6-10,12-13H,11H2,1-5H3/t13-/m1/s1. The van der Waals surface area contributed by atoms with Crippen LogP contribution in [0, 0.1) is 0 Å². The fourth-order valence-electron chi connectivity index (χ4n) is 3.58. The van der Waals surface area contributed by atoms with E-state index in [1.165, 1.54) is 11.3 Å². The number of halogens is 2. The number of hydrogen-bond acceptors (Lipinski definition) is 3. The highest BCUT2D eigenvalue weighted by molar-refractivity contribution is 6.33. The van der Waals surface area contributed by atoms with Gasteiger partial charge in [0.1, 0.15) is 5.75 Å². The SMILES string of the molecule is COc1ccc(N=Cc2cc3c(cc2Cl)N(C)C(C)(C)C[C@H]3C)cc1Cl. The highest BCUT2D eigenvalue weighted by atomic mass is 35.5. The number of nitrogens with zero attached hydrogens (tertiary/aromatic N) is 2. The molecule has 0 unspecified atom stereocenters. The number of ether oxygens (including phenoxy) is 1. The molecule has 2 aromatic carbocycles. The Kier molecular flexibility index (Phi) is 5.23. The molecule has 0 amide bonds. The van der Waals surface area contributed by atoms with Crippen molar-refractivity contribution in [2.45, 2.75) is 38.6 Å². The summed E-state index contributed by atoms with van der Waals surface area (Å²) < 4.78 is 5.17. The van der Waals surface area contributed by atoms with Crippen LogP contribution in [0.1, 0.15) is 44.2 Å². The number of hydrogen-bond donors (Lipinski definition) is 0. The summed E-state index contributed by atoms with van der Waals surface area (Å²) in [6.45, 7) is 6.80. The van der Waals surface area contributed by atoms with Crippen molar-refractivity contribution in [3.63, 3.8) is 0 Å². The summed E-state index contributed by atoms with van der Waals surface area (Å²) in [7, 11) is 3.73. The summed E-state index contributed by atoms with van der Waals surface area (Å²) >= 11 is 12.7. The maximum absolute atomic E-state index is 6.55. The number of methoxy groups -OCH3 is 1. The maximum atomic E-state index is 6.55. The number of anilines is 1. The first-order chi connectivity index (χ1) is 12.2. The maximum Gasteiger partial charge on any atom is 0.137 e. The summed E-state index contributed by atoms with van der Waals surface area (Å²) in [6, 6.07) is 9.66. The average Bonchev–Trinajstić information content (AvgIpc) is 2.58. The van der Waals surface area contributed by atoms with Gasteiger partial charge in [0.05, 0.1) is 22.8 Å². The molecule has 2 aromatic rings. The molecule has 0 aromatic heterocycles. The molecule has 0 aliphatic carbocycles. The zero-order valence-corrected chi connectivity index (χ0v) is 17.3. The second-order valence-corrected chi connectivity index (χ2v) is 8.30. The number of rotatable bonds is 3. The first-order valence-electron chi connectivity index (χ1n) is 8.68. The predicted octanol–water partition coefficient (Wildman–Crippen LogP) is 6.47. The van der Waals surface area contributed by atoms with Crippen LogP contribution >= 0.6 is 23.2 Å². The Bertz CT molecular complexity index is 861. The van der Waals surface area contributed by atoms with Gasteiger partial charge in [-0.2, -0.15) is 0 Å². The molecule has 5 heteroatoms. The molecule has 1 aliphatic rings. The lowest BCUT2D eigenvalue weighted by Crippen LogP contribution is -2.45. The minimum absolute atomic E-state index is 0.116. The molecule has 3 nitrogen and oxygen atoms in total. The summed E-state index contributed by atoms with van der Waals surface area (Å²) in [4.78, 5) is 6.85. The monoisotopic (exact) mass is 390 g/mol. The second kappa shape index (κ2) is 7.13. The summed E-state index contributed by atoms with van der Waals surface area (Å²) in [6.07, 6.45) is 2.90. The van der Waals surface area contributed by atoms with Crippen LogP contribution in [0.3, 0.4) is 0 Å². The van der Waals surface area contributed by atoms with Crippen LogP contribution in [-0.4, -0.2) is 25.9 Å². The van der Waals surface area contributed by atoms with E-state index in [9.17, 15) is 0 Å². The summed E-state index contributed by atoms with van der Waals surface area (Å²) in [5, 5.41) is 1.24. The molecule has 1 atom stereocenters. The van der Waals surface area contributed by atoms with Gasteiger partial charge in [-0.1, -0.05) is 30.1 Å². The molecule has 138 valence electrons. The molecule has 0 saturated carbocycles. The van der Waals surface area contributed by atoms with Crippen LogP contribution in [0.25, 0.3) is 0 Å². The van der Waals surface area contributed by atoms with Crippen molar-refractivity contribution < 1.29 is 4.74 Å². The quantitative estimate of drug-likeness (QED) is 0.560. The zero-order chi connectivity index (χ0) is 19.1. The smallest absolute Gasteiger partial charge is 0.137 e. The Balaban J connectivity index is 1.95. The molecule has 0 fully saturated rings. The van der Waals surface area contributed by atoms with Gasteiger partial charge in [-0.05, 0) is 62.1 Å². The van der Waals surface area contributed by atoms with Gasteiger partial charge >= 0.3 is 0 Å². The van der Waals surface area contributed by atoms with Crippen LogP contribution in [0.15, 0.2) is 35.3 Å². The van der Waals surface area contributed by atoms with Crippen molar-refractivity contribution in [3.8, 4) is 5.75 Å². The van der Waals surface area contributed by atoms with Crippen LogP contribution in [0.2, 0.25) is 10.0 Å². The Labute approximate surface area is 165 Å². The molecule has 1 aliphatic heterocycles. The van der Waals surface area contributed by atoms with Gasteiger partial charge in [0.2, 0.25) is 0 Å². The number of fused-ring (bicyclic) bond motifs is 1. The van der Waals surface area contributed by atoms with Gasteiger partial charge in [-0.25, -0.2) is 0 Å². The lowest BCUT2D eigenvalue weighted by molar-refractivity contribution is 0.395. The molecule has 0 radical (unpaired) electrons. The van der Waals surface area contributed by atoms with E-state index in [1.807, 2.05) is 12.1 Å². The molecular weight excluding hydrogens is 367 g/mol. The molecule has 0 N–H and O–H groups in total. The van der Waals surface area contributed by atoms with Crippen molar-refractivity contribution in [2.24, 2.45) is 4.99 Å². The second-order valence-electron chi connectivity index (χ2n) is 7.49. The van der Waals surface area contributed by atoms with E-state index in [1.54, 1.807) is 19.4 Å². The van der Waals surface area contributed by atoms with Crippen molar-refractivity contribution >= 4 is 40.8 Å². The van der Waals surface area contributed by atoms with Gasteiger partial charge in [-0.15, -0.1) is 0 Å². The molecule has 0 saturated heterocycles. The molecule has 0 bridgehead atoms. The molecule has 3 rings (SSSR count). The van der Waals surface area contributed by atoms with E-state index >= 15 is 0 Å². The lowest BCUT2D eigenvalue weighted by atomic mass is 9.80. The topological polar surface area (TPSA) is 24.8 Å². The number of benzene rings is 2. The van der Waals surface area contributed by atoms with Crippen molar-refractivity contribution in [3.05, 3.63) is 51.5 Å². The van der Waals surface area contributed by atoms with Crippen molar-refractivity contribution in [1.29, 1.82) is 0 Å². The largest absolute Gasteiger partial charge is 0.495 e. The highest BCUT2D eigenvalue weighted by Crippen LogP contribution is 2.44. The minimum Gasteiger partial charge on any atom is -0.495 e. The van der Waals surface area contributed by atoms with Crippen LogP contribution in [-0.2, 0) is 0 Å². The fraction of sp³-hybridized carbons (Fsp3) is 0.381. The van der Waals surface area contributed by atoms with Crippen LogP contribution < -0.4 is 9.64 Å². The average molecular weight is 391 g/mol. The molecule has 1 heterocycles. The first kappa shape index (κ1) is 19.1. The van der Waals surface area contributed by atoms with Crippen LogP contribution in [0.5, 0.6) is 5.75 Å². The first-order valence-corrected chi connectivity index (χ1v) is 9.43. The lowest BCUT2D eigenvalue weighted by Gasteiger charge is -2.45. The molecular formula is C21H24Cl2N2O. The van der Waals surface area contributed by atoms with Gasteiger partial charge in [0, 0.05) is 30.1 Å². The zero-order valence-electron chi connectivity index (χ0n) is 15.8. The number of aliphatic imine (C=N–C) groups is 1. The third-order valence-corrected chi connectivity index (χ3v) is 5.86. The Morgan fingerprint density at radius 2 is 1.92 bits per heavy atom. The summed E-state index contributed by atoms with van der Waals surface area (Å²) in [5.41, 5.74) is 4.30. The van der Waals surface area contributed by atoms with E-state index in [2.05, 4.69) is 49.8 Å². The van der Waals surface area contributed by atoms with Gasteiger partial charge in [0.25, 0.3) is 0 Å². The van der Waals surface area contributed by atoms with E-state index in [4.69, 9.17) is 27.9 Å². The molecule has 0 spiro atoms. The van der Waals surface area contributed by atoms with Gasteiger partial charge in [-0.3, -0.25) is 4.99 Å². The van der Waals surface area contributed by atoms with E-state index in [-0.39, 0.29) is 5.54 Å². The van der Waals surface area contributed by atoms with Gasteiger partial charge in [0.15, 0.2) is 0 Å². The Morgan fingerprint density at radius 1 is 1.19 bits per heavy atom. The van der Waals surface area contributed by atoms with E-state index < -0.39 is 0 Å². The third kappa shape index (κ3) is 3.56. The third-order valence-electron chi connectivity index (χ3n) is 5.24. The molecule has 26 heavy (non-hydrogen) atoms. The normalized spacial score (nSPS) is 18.9. The Hall–Kier alpha value is -1.71. The van der Waals surface area contributed by atoms with Crippen LogP contribution in [0.4, 0.5) is 11.4 Å². The van der Waals surface area contributed by atoms with E-state index in [0.29, 0.717) is 21.7 Å². The van der Waals surface area contributed by atoms with Crippen molar-refractivity contribution in [1.82, 2.24) is 0 Å². The predicted molar refractivity (Wildman–Crippen MR) is 112 cm³/mol. The van der Waals surface area contributed by atoms with Crippen molar-refractivity contribution in [2.75, 3.05) is 19.1 Å². The Morgan fingerprint density at radius 3 is 2.58 bits per heavy atom.